The Balaban J connectivity index is 1.52. The predicted octanol–water partition coefficient (Wildman–Crippen LogP) is 5.49. The van der Waals surface area contributed by atoms with Gasteiger partial charge in [0.05, 0.1) is 14.8 Å². The molecule has 0 aliphatic heterocycles. The summed E-state index contributed by atoms with van der Waals surface area (Å²) in [6.45, 7) is 0.0805. The second-order valence-corrected chi connectivity index (χ2v) is 7.74. The fraction of sp³-hybridized carbons (Fsp3) is 0.0909. The van der Waals surface area contributed by atoms with Crippen molar-refractivity contribution in [2.24, 2.45) is 0 Å². The summed E-state index contributed by atoms with van der Waals surface area (Å²) in [5.74, 6) is -2.04. The number of anilines is 1. The summed E-state index contributed by atoms with van der Waals surface area (Å²) < 4.78 is 19.7. The molecule has 0 aromatic heterocycles. The van der Waals surface area contributed by atoms with E-state index >= 15 is 0 Å². The Morgan fingerprint density at radius 3 is 2.21 bits per heavy atom. The average molecular weight is 503 g/mol. The first-order valence-corrected chi connectivity index (χ1v) is 9.88. The first-order valence-electron chi connectivity index (χ1n) is 8.80. The first kappa shape index (κ1) is 19.4. The van der Waals surface area contributed by atoms with Crippen LogP contribution in [0.25, 0.3) is 11.1 Å². The maximum atomic E-state index is 14.3. The lowest BCUT2D eigenvalue weighted by molar-refractivity contribution is 0.0696. The maximum Gasteiger partial charge on any atom is 0.411 e. The molecule has 0 heterocycles. The summed E-state index contributed by atoms with van der Waals surface area (Å²) in [6, 6.07) is 18.1. The van der Waals surface area contributed by atoms with Crippen molar-refractivity contribution in [3.05, 3.63) is 86.7 Å². The van der Waals surface area contributed by atoms with E-state index in [1.807, 2.05) is 48.5 Å². The van der Waals surface area contributed by atoms with Crippen molar-refractivity contribution in [2.75, 3.05) is 11.9 Å². The molecule has 2 N–H and O–H groups in total. The van der Waals surface area contributed by atoms with Gasteiger partial charge < -0.3 is 9.84 Å². The molecule has 0 unspecified atom stereocenters. The monoisotopic (exact) mass is 503 g/mol. The molecule has 0 spiro atoms. The zero-order valence-electron chi connectivity index (χ0n) is 15.0. The number of nitrogens with one attached hydrogen (secondary N) is 1. The number of fused-ring (bicyclic) bond motifs is 3. The fourth-order valence-corrected chi connectivity index (χ4v) is 4.17. The third-order valence-corrected chi connectivity index (χ3v) is 5.64. The molecule has 4 rings (SSSR count). The van der Waals surface area contributed by atoms with Crippen LogP contribution in [-0.4, -0.2) is 23.8 Å². The van der Waals surface area contributed by atoms with Gasteiger partial charge >= 0.3 is 12.1 Å². The van der Waals surface area contributed by atoms with E-state index in [9.17, 15) is 14.0 Å². The fourth-order valence-electron chi connectivity index (χ4n) is 3.55. The van der Waals surface area contributed by atoms with Crippen molar-refractivity contribution in [1.29, 1.82) is 0 Å². The van der Waals surface area contributed by atoms with E-state index in [1.54, 1.807) is 22.6 Å². The van der Waals surface area contributed by atoms with Crippen molar-refractivity contribution < 1.29 is 23.8 Å². The summed E-state index contributed by atoms with van der Waals surface area (Å²) >= 11 is 1.68. The molecule has 0 fully saturated rings. The van der Waals surface area contributed by atoms with E-state index in [4.69, 9.17) is 9.84 Å². The van der Waals surface area contributed by atoms with E-state index in [1.165, 1.54) is 6.07 Å². The van der Waals surface area contributed by atoms with Crippen LogP contribution in [0.15, 0.2) is 60.7 Å². The molecule has 1 aliphatic carbocycles. The van der Waals surface area contributed by atoms with Crippen LogP contribution in [0, 0.1) is 9.39 Å². The molecule has 29 heavy (non-hydrogen) atoms. The van der Waals surface area contributed by atoms with Crippen LogP contribution in [0.5, 0.6) is 0 Å². The summed E-state index contributed by atoms with van der Waals surface area (Å²) in [4.78, 5) is 23.5. The van der Waals surface area contributed by atoms with Crippen LogP contribution < -0.4 is 5.32 Å². The highest BCUT2D eigenvalue weighted by molar-refractivity contribution is 14.1. The Morgan fingerprint density at radius 2 is 1.62 bits per heavy atom. The molecule has 3 aromatic rings. The smallest absolute Gasteiger partial charge is 0.411 e. The highest BCUT2D eigenvalue weighted by atomic mass is 127. The van der Waals surface area contributed by atoms with Gasteiger partial charge in [-0.2, -0.15) is 0 Å². The lowest BCUT2D eigenvalue weighted by Gasteiger charge is -2.15. The zero-order valence-corrected chi connectivity index (χ0v) is 17.1. The zero-order chi connectivity index (χ0) is 20.5. The van der Waals surface area contributed by atoms with Gasteiger partial charge in [0, 0.05) is 5.92 Å². The molecule has 0 saturated heterocycles. The number of ether oxygens (including phenoxy) is 1. The van der Waals surface area contributed by atoms with Crippen LogP contribution >= 0.6 is 22.6 Å². The molecule has 146 valence electrons. The van der Waals surface area contributed by atoms with Crippen molar-refractivity contribution in [3.8, 4) is 11.1 Å². The first-order chi connectivity index (χ1) is 14.0. The van der Waals surface area contributed by atoms with Crippen molar-refractivity contribution in [1.82, 2.24) is 0 Å². The van der Waals surface area contributed by atoms with E-state index in [0.29, 0.717) is 0 Å². The Bertz CT molecular complexity index is 1090. The minimum absolute atomic E-state index is 0.0805. The van der Waals surface area contributed by atoms with Crippen LogP contribution in [0.3, 0.4) is 0 Å². The topological polar surface area (TPSA) is 75.6 Å². The third kappa shape index (κ3) is 3.69. The van der Waals surface area contributed by atoms with Gasteiger partial charge in [-0.05, 0) is 57.0 Å². The molecule has 5 nitrogen and oxygen atoms in total. The molecule has 3 aromatic carbocycles. The second kappa shape index (κ2) is 7.82. The number of rotatable bonds is 4. The molecule has 7 heteroatoms. The Morgan fingerprint density at radius 1 is 1.03 bits per heavy atom. The number of aromatic carboxylic acids is 1. The largest absolute Gasteiger partial charge is 0.478 e. The predicted molar refractivity (Wildman–Crippen MR) is 115 cm³/mol. The minimum atomic E-state index is -1.21. The molecule has 0 bridgehead atoms. The number of amides is 1. The van der Waals surface area contributed by atoms with Crippen molar-refractivity contribution in [2.45, 2.75) is 5.92 Å². The van der Waals surface area contributed by atoms with Crippen molar-refractivity contribution >= 4 is 40.3 Å². The third-order valence-electron chi connectivity index (χ3n) is 4.86. The van der Waals surface area contributed by atoms with E-state index in [0.717, 1.165) is 28.3 Å². The number of halogens is 2. The summed E-state index contributed by atoms with van der Waals surface area (Å²) in [5, 5.41) is 11.4. The molecule has 0 radical (unpaired) electrons. The van der Waals surface area contributed by atoms with Gasteiger partial charge in [-0.1, -0.05) is 48.5 Å². The lowest BCUT2D eigenvalue weighted by atomic mass is 9.98. The van der Waals surface area contributed by atoms with Gasteiger partial charge in [0.15, 0.2) is 5.82 Å². The van der Waals surface area contributed by atoms with Gasteiger partial charge in [-0.25, -0.2) is 14.0 Å². The number of carboxylic acids is 1. The van der Waals surface area contributed by atoms with Crippen molar-refractivity contribution in [3.63, 3.8) is 0 Å². The number of carbonyl (C=O) groups excluding carboxylic acids is 1. The highest BCUT2D eigenvalue weighted by Gasteiger charge is 2.29. The molecule has 0 saturated carbocycles. The van der Waals surface area contributed by atoms with Gasteiger partial charge in [-0.15, -0.1) is 0 Å². The van der Waals surface area contributed by atoms with Gasteiger partial charge in [0.1, 0.15) is 6.61 Å². The average Bonchev–Trinajstić information content (AvgIpc) is 3.03. The van der Waals surface area contributed by atoms with Gasteiger partial charge in [-0.3, -0.25) is 5.32 Å². The van der Waals surface area contributed by atoms with Crippen LogP contribution in [-0.2, 0) is 4.74 Å². The summed E-state index contributed by atoms with van der Waals surface area (Å²) in [7, 11) is 0. The quantitative estimate of drug-likeness (QED) is 0.462. The molecule has 1 amide bonds. The second-order valence-electron chi connectivity index (χ2n) is 6.58. The number of carboxylic acid groups (broad SMARTS) is 1. The number of benzene rings is 3. The SMILES string of the molecule is O=C(Nc1cc(C(=O)O)cc(I)c1F)OCC1c2ccccc2-c2ccccc21. The van der Waals surface area contributed by atoms with E-state index in [-0.39, 0.29) is 27.3 Å². The molecule has 1 aliphatic rings. The number of carbonyl (C=O) groups is 2. The molecular weight excluding hydrogens is 488 g/mol. The Labute approximate surface area is 179 Å². The standard InChI is InChI=1S/C22H15FINO4/c23-20-18(24)9-12(21(26)27)10-19(20)25-22(28)29-11-17-15-7-3-1-5-13(15)14-6-2-4-8-16(14)17/h1-10,17H,11H2,(H,25,28)(H,26,27). The van der Waals surface area contributed by atoms with Crippen LogP contribution in [0.2, 0.25) is 0 Å². The van der Waals surface area contributed by atoms with E-state index in [2.05, 4.69) is 5.32 Å². The minimum Gasteiger partial charge on any atom is -0.478 e. The normalized spacial score (nSPS) is 12.2. The highest BCUT2D eigenvalue weighted by Crippen LogP contribution is 2.44. The van der Waals surface area contributed by atoms with Crippen LogP contribution in [0.4, 0.5) is 14.9 Å². The number of hydrogen-bond acceptors (Lipinski definition) is 3. The van der Waals surface area contributed by atoms with E-state index < -0.39 is 17.9 Å². The number of hydrogen-bond donors (Lipinski definition) is 2. The Hall–Kier alpha value is -2.94. The van der Waals surface area contributed by atoms with Crippen LogP contribution in [0.1, 0.15) is 27.4 Å². The molecular formula is C22H15FINO4. The Kier molecular flexibility index (Phi) is 5.23. The summed E-state index contributed by atoms with van der Waals surface area (Å²) in [6.07, 6.45) is -0.843. The molecule has 0 atom stereocenters. The lowest BCUT2D eigenvalue weighted by Crippen LogP contribution is -2.19. The van der Waals surface area contributed by atoms with Gasteiger partial charge in [0.25, 0.3) is 0 Å². The summed E-state index contributed by atoms with van der Waals surface area (Å²) in [5.41, 5.74) is 3.99. The maximum absolute atomic E-state index is 14.3. The van der Waals surface area contributed by atoms with Gasteiger partial charge in [0.2, 0.25) is 0 Å².